The standard InChI is InChI=1S/C11H14F3NO4/c1-7-9(10(17)18)4-8(19-7)5-15(2-3-16)6-11(12,13)14/h4,16H,2-3,5-6H2,1H3,(H,17,18). The van der Waals surface area contributed by atoms with E-state index in [1.165, 1.54) is 13.0 Å². The molecule has 0 aliphatic carbocycles. The third-order valence-electron chi connectivity index (χ3n) is 2.40. The van der Waals surface area contributed by atoms with Crippen molar-refractivity contribution >= 4 is 5.97 Å². The van der Waals surface area contributed by atoms with Crippen LogP contribution in [-0.4, -0.2) is 47.0 Å². The maximum atomic E-state index is 12.3. The molecule has 108 valence electrons. The molecule has 0 aliphatic rings. The molecule has 5 nitrogen and oxygen atoms in total. The summed E-state index contributed by atoms with van der Waals surface area (Å²) in [6.07, 6.45) is -4.40. The van der Waals surface area contributed by atoms with Gasteiger partial charge in [-0.25, -0.2) is 4.79 Å². The molecule has 0 unspecified atom stereocenters. The number of hydrogen-bond acceptors (Lipinski definition) is 4. The van der Waals surface area contributed by atoms with Crippen molar-refractivity contribution < 1.29 is 32.6 Å². The van der Waals surface area contributed by atoms with E-state index in [0.717, 1.165) is 4.90 Å². The van der Waals surface area contributed by atoms with Crippen LogP contribution in [0, 0.1) is 6.92 Å². The summed E-state index contributed by atoms with van der Waals surface area (Å²) in [5, 5.41) is 17.5. The third kappa shape index (κ3) is 4.92. The summed E-state index contributed by atoms with van der Waals surface area (Å²) >= 11 is 0. The Balaban J connectivity index is 2.79. The molecule has 0 saturated carbocycles. The van der Waals surface area contributed by atoms with E-state index in [9.17, 15) is 18.0 Å². The number of halogens is 3. The number of nitrogens with zero attached hydrogens (tertiary/aromatic N) is 1. The average molecular weight is 281 g/mol. The number of carboxylic acid groups (broad SMARTS) is 1. The fourth-order valence-corrected chi connectivity index (χ4v) is 1.66. The number of carbonyl (C=O) groups is 1. The van der Waals surface area contributed by atoms with E-state index >= 15 is 0 Å². The molecule has 0 aromatic carbocycles. The Labute approximate surface area is 107 Å². The summed E-state index contributed by atoms with van der Waals surface area (Å²) in [4.78, 5) is 11.7. The van der Waals surface area contributed by atoms with Gasteiger partial charge in [-0.15, -0.1) is 0 Å². The first-order valence-corrected chi connectivity index (χ1v) is 5.45. The Kier molecular flexibility index (Phi) is 4.96. The van der Waals surface area contributed by atoms with E-state index in [-0.39, 0.29) is 30.2 Å². The van der Waals surface area contributed by atoms with E-state index in [1.54, 1.807) is 0 Å². The number of aliphatic hydroxyl groups excluding tert-OH is 1. The lowest BCUT2D eigenvalue weighted by molar-refractivity contribution is -0.148. The smallest absolute Gasteiger partial charge is 0.401 e. The average Bonchev–Trinajstić information content (AvgIpc) is 2.57. The highest BCUT2D eigenvalue weighted by atomic mass is 19.4. The predicted octanol–water partition coefficient (Wildman–Crippen LogP) is 1.64. The maximum absolute atomic E-state index is 12.3. The summed E-state index contributed by atoms with van der Waals surface area (Å²) in [5.74, 6) is -0.942. The van der Waals surface area contributed by atoms with Crippen LogP contribution in [0.1, 0.15) is 21.9 Å². The Hall–Kier alpha value is -1.54. The van der Waals surface area contributed by atoms with Crippen molar-refractivity contribution in [2.24, 2.45) is 0 Å². The molecule has 0 fully saturated rings. The van der Waals surface area contributed by atoms with Crippen LogP contribution in [0.4, 0.5) is 13.2 Å². The number of hydrogen-bond donors (Lipinski definition) is 2. The number of aliphatic hydroxyl groups is 1. The van der Waals surface area contributed by atoms with Gasteiger partial charge in [0, 0.05) is 6.54 Å². The van der Waals surface area contributed by atoms with Crippen molar-refractivity contribution in [3.05, 3.63) is 23.2 Å². The first-order chi connectivity index (χ1) is 8.73. The number of alkyl halides is 3. The second-order valence-corrected chi connectivity index (χ2v) is 4.04. The molecular weight excluding hydrogens is 267 g/mol. The van der Waals surface area contributed by atoms with Crippen molar-refractivity contribution in [3.63, 3.8) is 0 Å². The molecule has 1 heterocycles. The zero-order chi connectivity index (χ0) is 14.6. The monoisotopic (exact) mass is 281 g/mol. The molecule has 0 aliphatic heterocycles. The molecule has 19 heavy (non-hydrogen) atoms. The molecular formula is C11H14F3NO4. The van der Waals surface area contributed by atoms with E-state index in [4.69, 9.17) is 14.6 Å². The number of aryl methyl sites for hydroxylation is 1. The van der Waals surface area contributed by atoms with Crippen molar-refractivity contribution in [3.8, 4) is 0 Å². The molecule has 0 bridgehead atoms. The second-order valence-electron chi connectivity index (χ2n) is 4.04. The minimum atomic E-state index is -4.40. The highest BCUT2D eigenvalue weighted by Crippen LogP contribution is 2.20. The lowest BCUT2D eigenvalue weighted by atomic mass is 10.2. The molecule has 1 aromatic rings. The van der Waals surface area contributed by atoms with Crippen LogP contribution in [0.25, 0.3) is 0 Å². The fraction of sp³-hybridized carbons (Fsp3) is 0.545. The topological polar surface area (TPSA) is 73.9 Å². The molecule has 0 saturated heterocycles. The summed E-state index contributed by atoms with van der Waals surface area (Å²) < 4.78 is 42.0. The van der Waals surface area contributed by atoms with Gasteiger partial charge in [0.15, 0.2) is 0 Å². The third-order valence-corrected chi connectivity index (χ3v) is 2.40. The quantitative estimate of drug-likeness (QED) is 0.829. The first-order valence-electron chi connectivity index (χ1n) is 5.45. The number of carboxylic acids is 1. The first kappa shape index (κ1) is 15.5. The Morgan fingerprint density at radius 2 is 2.11 bits per heavy atom. The van der Waals surface area contributed by atoms with Gasteiger partial charge >= 0.3 is 12.1 Å². The van der Waals surface area contributed by atoms with Crippen LogP contribution >= 0.6 is 0 Å². The van der Waals surface area contributed by atoms with Crippen molar-refractivity contribution in [1.29, 1.82) is 0 Å². The minimum absolute atomic E-state index is 0.0778. The largest absolute Gasteiger partial charge is 0.478 e. The predicted molar refractivity (Wildman–Crippen MR) is 58.8 cm³/mol. The van der Waals surface area contributed by atoms with E-state index < -0.39 is 25.3 Å². The molecule has 0 spiro atoms. The van der Waals surface area contributed by atoms with Gasteiger partial charge < -0.3 is 14.6 Å². The summed E-state index contributed by atoms with van der Waals surface area (Å²) in [7, 11) is 0. The zero-order valence-electron chi connectivity index (χ0n) is 10.2. The molecule has 0 amide bonds. The summed E-state index contributed by atoms with van der Waals surface area (Å²) in [6.45, 7) is -0.597. The SMILES string of the molecule is Cc1oc(CN(CCO)CC(F)(F)F)cc1C(=O)O. The molecule has 2 N–H and O–H groups in total. The van der Waals surface area contributed by atoms with Gasteiger partial charge in [-0.3, -0.25) is 4.90 Å². The molecule has 1 rings (SSSR count). The van der Waals surface area contributed by atoms with Gasteiger partial charge in [-0.1, -0.05) is 0 Å². The van der Waals surface area contributed by atoms with Gasteiger partial charge in [-0.05, 0) is 13.0 Å². The number of aromatic carboxylic acids is 1. The fourth-order valence-electron chi connectivity index (χ4n) is 1.66. The molecule has 0 atom stereocenters. The van der Waals surface area contributed by atoms with Gasteiger partial charge in [0.1, 0.15) is 17.1 Å². The van der Waals surface area contributed by atoms with E-state index in [0.29, 0.717) is 0 Å². The number of rotatable bonds is 6. The van der Waals surface area contributed by atoms with Gasteiger partial charge in [0.25, 0.3) is 0 Å². The van der Waals surface area contributed by atoms with Crippen LogP contribution in [0.5, 0.6) is 0 Å². The normalized spacial score (nSPS) is 12.1. The summed E-state index contributed by atoms with van der Waals surface area (Å²) in [5.41, 5.74) is -0.0778. The lowest BCUT2D eigenvalue weighted by Crippen LogP contribution is -2.35. The van der Waals surface area contributed by atoms with Crippen molar-refractivity contribution in [2.45, 2.75) is 19.6 Å². The lowest BCUT2D eigenvalue weighted by Gasteiger charge is -2.21. The van der Waals surface area contributed by atoms with E-state index in [2.05, 4.69) is 0 Å². The van der Waals surface area contributed by atoms with Crippen LogP contribution in [0.2, 0.25) is 0 Å². The zero-order valence-corrected chi connectivity index (χ0v) is 10.2. The highest BCUT2D eigenvalue weighted by Gasteiger charge is 2.31. The van der Waals surface area contributed by atoms with E-state index in [1.807, 2.05) is 0 Å². The maximum Gasteiger partial charge on any atom is 0.401 e. The highest BCUT2D eigenvalue weighted by molar-refractivity contribution is 5.88. The molecule has 0 radical (unpaired) electrons. The van der Waals surface area contributed by atoms with Gasteiger partial charge in [-0.2, -0.15) is 13.2 Å². The second kappa shape index (κ2) is 6.07. The van der Waals surface area contributed by atoms with Gasteiger partial charge in [0.05, 0.1) is 19.7 Å². The van der Waals surface area contributed by atoms with Gasteiger partial charge in [0.2, 0.25) is 0 Å². The van der Waals surface area contributed by atoms with Crippen molar-refractivity contribution in [1.82, 2.24) is 4.90 Å². The van der Waals surface area contributed by atoms with Crippen LogP contribution in [0.3, 0.4) is 0 Å². The summed E-state index contributed by atoms with van der Waals surface area (Å²) in [6, 6.07) is 1.19. The van der Waals surface area contributed by atoms with Crippen LogP contribution in [-0.2, 0) is 6.54 Å². The van der Waals surface area contributed by atoms with Crippen LogP contribution in [0.15, 0.2) is 10.5 Å². The Morgan fingerprint density at radius 1 is 1.47 bits per heavy atom. The number of furan rings is 1. The Bertz CT molecular complexity index is 442. The Morgan fingerprint density at radius 3 is 2.53 bits per heavy atom. The minimum Gasteiger partial charge on any atom is -0.478 e. The van der Waals surface area contributed by atoms with Crippen LogP contribution < -0.4 is 0 Å². The van der Waals surface area contributed by atoms with Crippen molar-refractivity contribution in [2.75, 3.05) is 19.7 Å². The molecule has 1 aromatic heterocycles. The molecule has 8 heteroatoms.